The summed E-state index contributed by atoms with van der Waals surface area (Å²) < 4.78 is 0. The van der Waals surface area contributed by atoms with Gasteiger partial charge in [0, 0.05) is 25.7 Å². The summed E-state index contributed by atoms with van der Waals surface area (Å²) in [6, 6.07) is 0.154. The largest absolute Gasteiger partial charge is 0.395 e. The highest BCUT2D eigenvalue weighted by Gasteiger charge is 2.23. The van der Waals surface area contributed by atoms with Crippen LogP contribution < -0.4 is 0 Å². The molecule has 0 saturated carbocycles. The van der Waals surface area contributed by atoms with Crippen molar-refractivity contribution in [3.8, 4) is 0 Å². The molecule has 1 aliphatic heterocycles. The highest BCUT2D eigenvalue weighted by molar-refractivity contribution is 5.90. The molecule has 0 aromatic heterocycles. The van der Waals surface area contributed by atoms with Crippen LogP contribution in [0, 0.1) is 0 Å². The van der Waals surface area contributed by atoms with Gasteiger partial charge in [-0.15, -0.1) is 0 Å². The number of likely N-dealkylation sites (N-methyl/N-ethyl adjacent to an activating group) is 1. The lowest BCUT2D eigenvalue weighted by atomic mass is 10.2. The molecule has 16 heavy (non-hydrogen) atoms. The van der Waals surface area contributed by atoms with Crippen molar-refractivity contribution in [2.75, 3.05) is 39.8 Å². The van der Waals surface area contributed by atoms with Crippen molar-refractivity contribution in [2.45, 2.75) is 19.9 Å². The van der Waals surface area contributed by atoms with E-state index in [0.717, 1.165) is 19.6 Å². The van der Waals surface area contributed by atoms with Gasteiger partial charge in [-0.1, -0.05) is 20.4 Å². The predicted octanol–water partition coefficient (Wildman–Crippen LogP) is 0.376. The van der Waals surface area contributed by atoms with Crippen LogP contribution in [0.25, 0.3) is 0 Å². The van der Waals surface area contributed by atoms with Gasteiger partial charge in [0.05, 0.1) is 13.2 Å². The zero-order valence-electron chi connectivity index (χ0n) is 10.6. The summed E-state index contributed by atoms with van der Waals surface area (Å²) in [4.78, 5) is 15.3. The molecule has 0 aromatic rings. The smallest absolute Gasteiger partial charge is 0.169 e. The Balaban J connectivity index is 0.00000106. The molecule has 4 heteroatoms. The van der Waals surface area contributed by atoms with Crippen molar-refractivity contribution in [3.63, 3.8) is 0 Å². The average Bonchev–Trinajstić information content (AvgIpc) is 2.34. The normalized spacial score (nSPS) is 22.1. The SMILES string of the molecule is C=CC(=O)CN1CCN(C)C(CO)C1.CC. The third kappa shape index (κ3) is 4.88. The van der Waals surface area contributed by atoms with Crippen LogP contribution >= 0.6 is 0 Å². The molecule has 0 spiro atoms. The maximum absolute atomic E-state index is 11.1. The average molecular weight is 228 g/mol. The number of ketones is 1. The minimum atomic E-state index is 0.0474. The van der Waals surface area contributed by atoms with E-state index in [1.165, 1.54) is 6.08 Å². The van der Waals surface area contributed by atoms with Gasteiger partial charge in [-0.3, -0.25) is 14.6 Å². The molecule has 1 unspecified atom stereocenters. The Hall–Kier alpha value is -0.710. The molecular formula is C12H24N2O2. The van der Waals surface area contributed by atoms with Crippen LogP contribution in [-0.2, 0) is 4.79 Å². The van der Waals surface area contributed by atoms with Gasteiger partial charge >= 0.3 is 0 Å². The van der Waals surface area contributed by atoms with E-state index in [-0.39, 0.29) is 18.4 Å². The Kier molecular flexibility index (Phi) is 8.07. The Morgan fingerprint density at radius 2 is 2.12 bits per heavy atom. The van der Waals surface area contributed by atoms with Crippen molar-refractivity contribution in [1.82, 2.24) is 9.80 Å². The number of carbonyl (C=O) groups excluding carboxylic acids is 1. The van der Waals surface area contributed by atoms with Gasteiger partial charge in [0.1, 0.15) is 0 Å². The third-order valence-electron chi connectivity index (χ3n) is 2.68. The molecule has 0 aromatic carbocycles. The van der Waals surface area contributed by atoms with Gasteiger partial charge < -0.3 is 5.11 Å². The minimum absolute atomic E-state index is 0.0474. The lowest BCUT2D eigenvalue weighted by Gasteiger charge is -2.38. The molecule has 0 aliphatic carbocycles. The van der Waals surface area contributed by atoms with Crippen LogP contribution in [-0.4, -0.2) is 66.6 Å². The number of aliphatic hydroxyl groups is 1. The summed E-state index contributed by atoms with van der Waals surface area (Å²) in [5.41, 5.74) is 0. The maximum Gasteiger partial charge on any atom is 0.169 e. The predicted molar refractivity (Wildman–Crippen MR) is 66.5 cm³/mol. The quantitative estimate of drug-likeness (QED) is 0.706. The Bertz CT molecular complexity index is 219. The van der Waals surface area contributed by atoms with Crippen LogP contribution in [0.15, 0.2) is 12.7 Å². The van der Waals surface area contributed by atoms with E-state index in [1.807, 2.05) is 20.9 Å². The topological polar surface area (TPSA) is 43.8 Å². The first kappa shape index (κ1) is 15.3. The van der Waals surface area contributed by atoms with Crippen LogP contribution in [0.1, 0.15) is 13.8 Å². The monoisotopic (exact) mass is 228 g/mol. The van der Waals surface area contributed by atoms with Gasteiger partial charge in [-0.25, -0.2) is 0 Å². The fourth-order valence-corrected chi connectivity index (χ4v) is 1.64. The zero-order valence-corrected chi connectivity index (χ0v) is 10.6. The van der Waals surface area contributed by atoms with E-state index in [4.69, 9.17) is 5.11 Å². The summed E-state index contributed by atoms with van der Waals surface area (Å²) >= 11 is 0. The second kappa shape index (κ2) is 8.44. The summed E-state index contributed by atoms with van der Waals surface area (Å²) in [5, 5.41) is 9.10. The summed E-state index contributed by atoms with van der Waals surface area (Å²) in [5.74, 6) is 0.0474. The molecule has 94 valence electrons. The summed E-state index contributed by atoms with van der Waals surface area (Å²) in [7, 11) is 1.99. The molecular weight excluding hydrogens is 204 g/mol. The minimum Gasteiger partial charge on any atom is -0.395 e. The van der Waals surface area contributed by atoms with Crippen molar-refractivity contribution in [2.24, 2.45) is 0 Å². The number of aliphatic hydroxyl groups excluding tert-OH is 1. The van der Waals surface area contributed by atoms with Gasteiger partial charge in [0.2, 0.25) is 0 Å². The molecule has 1 atom stereocenters. The molecule has 1 saturated heterocycles. The lowest BCUT2D eigenvalue weighted by Crippen LogP contribution is -2.53. The maximum atomic E-state index is 11.1. The molecule has 4 nitrogen and oxygen atoms in total. The number of hydrogen-bond acceptors (Lipinski definition) is 4. The fraction of sp³-hybridized carbons (Fsp3) is 0.750. The number of rotatable bonds is 4. The van der Waals surface area contributed by atoms with Crippen LogP contribution in [0.2, 0.25) is 0 Å². The van der Waals surface area contributed by atoms with E-state index in [2.05, 4.69) is 16.4 Å². The number of nitrogens with zero attached hydrogens (tertiary/aromatic N) is 2. The van der Waals surface area contributed by atoms with E-state index in [1.54, 1.807) is 0 Å². The molecule has 1 N–H and O–H groups in total. The van der Waals surface area contributed by atoms with Crippen molar-refractivity contribution >= 4 is 5.78 Å². The van der Waals surface area contributed by atoms with Crippen LogP contribution in [0.4, 0.5) is 0 Å². The first-order chi connectivity index (χ1) is 7.67. The van der Waals surface area contributed by atoms with E-state index in [0.29, 0.717) is 6.54 Å². The lowest BCUT2D eigenvalue weighted by molar-refractivity contribution is -0.116. The summed E-state index contributed by atoms with van der Waals surface area (Å²) in [6.07, 6.45) is 1.35. The summed E-state index contributed by atoms with van der Waals surface area (Å²) in [6.45, 7) is 10.6. The number of piperazine rings is 1. The molecule has 1 rings (SSSR count). The van der Waals surface area contributed by atoms with Gasteiger partial charge in [0.15, 0.2) is 5.78 Å². The number of carbonyl (C=O) groups is 1. The van der Waals surface area contributed by atoms with E-state index < -0.39 is 0 Å². The Morgan fingerprint density at radius 3 is 2.62 bits per heavy atom. The van der Waals surface area contributed by atoms with Crippen molar-refractivity contribution in [1.29, 1.82) is 0 Å². The number of hydrogen-bond donors (Lipinski definition) is 1. The molecule has 0 radical (unpaired) electrons. The molecule has 1 aliphatic rings. The molecule has 1 heterocycles. The van der Waals surface area contributed by atoms with Crippen LogP contribution in [0.3, 0.4) is 0 Å². The zero-order chi connectivity index (χ0) is 12.6. The van der Waals surface area contributed by atoms with Gasteiger partial charge in [0.25, 0.3) is 0 Å². The molecule has 1 fully saturated rings. The standard InChI is InChI=1S/C10H18N2O2.C2H6/c1-3-10(14)7-12-5-4-11(2)9(6-12)8-13;1-2/h3,9,13H,1,4-8H2,2H3;1-2H3. The van der Waals surface area contributed by atoms with Gasteiger partial charge in [-0.05, 0) is 13.1 Å². The van der Waals surface area contributed by atoms with Crippen LogP contribution in [0.5, 0.6) is 0 Å². The highest BCUT2D eigenvalue weighted by Crippen LogP contribution is 2.06. The fourth-order valence-electron chi connectivity index (χ4n) is 1.64. The van der Waals surface area contributed by atoms with Crippen molar-refractivity contribution in [3.05, 3.63) is 12.7 Å². The first-order valence-corrected chi connectivity index (χ1v) is 5.86. The van der Waals surface area contributed by atoms with Gasteiger partial charge in [-0.2, -0.15) is 0 Å². The highest BCUT2D eigenvalue weighted by atomic mass is 16.3. The van der Waals surface area contributed by atoms with Crippen molar-refractivity contribution < 1.29 is 9.90 Å². The molecule has 0 bridgehead atoms. The third-order valence-corrected chi connectivity index (χ3v) is 2.68. The Morgan fingerprint density at radius 1 is 1.50 bits per heavy atom. The second-order valence-corrected chi connectivity index (χ2v) is 3.72. The Labute approximate surface area is 98.5 Å². The van der Waals surface area contributed by atoms with E-state index >= 15 is 0 Å². The second-order valence-electron chi connectivity index (χ2n) is 3.72. The van der Waals surface area contributed by atoms with E-state index in [9.17, 15) is 4.79 Å². The molecule has 0 amide bonds. The first-order valence-electron chi connectivity index (χ1n) is 5.86.